The van der Waals surface area contributed by atoms with E-state index in [0.29, 0.717) is 31.7 Å². The van der Waals surface area contributed by atoms with Gasteiger partial charge in [0.25, 0.3) is 5.91 Å². The quantitative estimate of drug-likeness (QED) is 0.229. The van der Waals surface area contributed by atoms with Gasteiger partial charge >= 0.3 is 6.18 Å². The van der Waals surface area contributed by atoms with Gasteiger partial charge in [0.15, 0.2) is 0 Å². The summed E-state index contributed by atoms with van der Waals surface area (Å²) in [7, 11) is 0. The van der Waals surface area contributed by atoms with Crippen LogP contribution in [0.25, 0.3) is 5.70 Å². The molecule has 4 rings (SSSR count). The van der Waals surface area contributed by atoms with E-state index in [4.69, 9.17) is 4.74 Å². The van der Waals surface area contributed by atoms with Gasteiger partial charge in [0.2, 0.25) is 6.41 Å². The molecule has 0 spiro atoms. The number of hydrogen-bond acceptors (Lipinski definition) is 4. The van der Waals surface area contributed by atoms with Crippen LogP contribution in [0.4, 0.5) is 17.6 Å². The molecule has 2 unspecified atom stereocenters. The van der Waals surface area contributed by atoms with Gasteiger partial charge in [-0.25, -0.2) is 9.37 Å². The number of imidazole rings is 1. The van der Waals surface area contributed by atoms with Crippen LogP contribution in [0.3, 0.4) is 0 Å². The first-order valence-electron chi connectivity index (χ1n) is 13.5. The number of aryl methyl sites for hydroxylation is 1. The number of allylic oxidation sites excluding steroid dienone is 3. The van der Waals surface area contributed by atoms with E-state index in [9.17, 15) is 27.2 Å². The van der Waals surface area contributed by atoms with Crippen LogP contribution < -0.4 is 4.74 Å². The minimum Gasteiger partial charge on any atom is -0.488 e. The van der Waals surface area contributed by atoms with Crippen LogP contribution in [0.1, 0.15) is 65.1 Å². The van der Waals surface area contributed by atoms with Crippen molar-refractivity contribution in [3.63, 3.8) is 0 Å². The summed E-state index contributed by atoms with van der Waals surface area (Å²) in [6.45, 7) is 12.1. The first kappa shape index (κ1) is 32.6. The molecule has 2 fully saturated rings. The van der Waals surface area contributed by atoms with Gasteiger partial charge in [0.05, 0.1) is 18.1 Å². The van der Waals surface area contributed by atoms with Gasteiger partial charge in [0, 0.05) is 25.0 Å². The van der Waals surface area contributed by atoms with Crippen LogP contribution in [-0.4, -0.2) is 56.9 Å². The zero-order valence-corrected chi connectivity index (χ0v) is 23.8. The number of carbonyl (C=O) groups is 2. The number of piperazine rings is 1. The average Bonchev–Trinajstić information content (AvgIpc) is 3.59. The van der Waals surface area contributed by atoms with Crippen molar-refractivity contribution in [1.82, 2.24) is 19.4 Å². The molecule has 40 heavy (non-hydrogen) atoms. The summed E-state index contributed by atoms with van der Waals surface area (Å²) in [5, 5.41) is 0. The van der Waals surface area contributed by atoms with Crippen LogP contribution >= 0.6 is 0 Å². The van der Waals surface area contributed by atoms with E-state index >= 15 is 0 Å². The van der Waals surface area contributed by atoms with E-state index in [-0.39, 0.29) is 18.8 Å². The van der Waals surface area contributed by atoms with Gasteiger partial charge in [0.1, 0.15) is 28.9 Å². The third-order valence-corrected chi connectivity index (χ3v) is 6.44. The number of benzene rings is 1. The normalized spacial score (nSPS) is 20.5. The number of ether oxygens (including phenoxy) is 1. The van der Waals surface area contributed by atoms with Crippen LogP contribution in [0, 0.1) is 12.7 Å². The minimum absolute atomic E-state index is 0.163. The van der Waals surface area contributed by atoms with Crippen LogP contribution in [-0.2, 0) is 15.8 Å². The summed E-state index contributed by atoms with van der Waals surface area (Å²) in [5.41, 5.74) is 0.570. The zero-order valence-electron chi connectivity index (χ0n) is 23.8. The van der Waals surface area contributed by atoms with Gasteiger partial charge in [-0.05, 0) is 63.5 Å². The Labute approximate surface area is 233 Å². The fourth-order valence-electron chi connectivity index (χ4n) is 4.59. The van der Waals surface area contributed by atoms with Crippen molar-refractivity contribution in [2.45, 2.75) is 79.1 Å². The minimum atomic E-state index is -4.79. The van der Waals surface area contributed by atoms with Crippen molar-refractivity contribution >= 4 is 18.0 Å². The van der Waals surface area contributed by atoms with E-state index < -0.39 is 41.4 Å². The summed E-state index contributed by atoms with van der Waals surface area (Å²) < 4.78 is 61.4. The molecule has 2 amide bonds. The molecule has 1 aromatic heterocycles. The molecular weight excluding hydrogens is 528 g/mol. The third kappa shape index (κ3) is 7.73. The highest BCUT2D eigenvalue weighted by atomic mass is 19.4. The Kier molecular flexibility index (Phi) is 11.9. The predicted octanol–water partition coefficient (Wildman–Crippen LogP) is 6.45. The number of carbonyl (C=O) groups excluding carboxylic acids is 2. The lowest BCUT2D eigenvalue weighted by atomic mass is 10.1. The van der Waals surface area contributed by atoms with Crippen LogP contribution in [0.15, 0.2) is 48.6 Å². The van der Waals surface area contributed by atoms with Crippen molar-refractivity contribution in [2.75, 3.05) is 13.1 Å². The van der Waals surface area contributed by atoms with Crippen LogP contribution in [0.2, 0.25) is 0 Å². The Morgan fingerprint density at radius 3 is 2.42 bits per heavy atom. The number of aromatic nitrogens is 2. The Bertz CT molecular complexity index is 1210. The second-order valence-corrected chi connectivity index (χ2v) is 8.87. The van der Waals surface area contributed by atoms with Gasteiger partial charge in [-0.3, -0.25) is 9.59 Å². The Hall–Kier alpha value is -3.63. The second-order valence-electron chi connectivity index (χ2n) is 8.87. The maximum atomic E-state index is 13.5. The Morgan fingerprint density at radius 2 is 1.82 bits per heavy atom. The highest BCUT2D eigenvalue weighted by molar-refractivity contribution is 5.96. The molecule has 11 heteroatoms. The fourth-order valence-corrected chi connectivity index (χ4v) is 4.59. The molecule has 1 saturated carbocycles. The van der Waals surface area contributed by atoms with E-state index in [2.05, 4.69) is 4.98 Å². The summed E-state index contributed by atoms with van der Waals surface area (Å²) in [5.74, 6) is -1.89. The Morgan fingerprint density at radius 1 is 1.12 bits per heavy atom. The van der Waals surface area contributed by atoms with E-state index in [1.807, 2.05) is 47.7 Å². The molecule has 2 heterocycles. The van der Waals surface area contributed by atoms with Crippen LogP contribution in [0.5, 0.6) is 5.75 Å². The maximum Gasteiger partial charge on any atom is 0.420 e. The molecule has 0 N–H and O–H groups in total. The Balaban J connectivity index is 0.00000134. The molecule has 1 aromatic carbocycles. The monoisotopic (exact) mass is 566 g/mol. The molecule has 0 radical (unpaired) electrons. The molecule has 2 aromatic rings. The number of amides is 2. The van der Waals surface area contributed by atoms with Gasteiger partial charge in [-0.15, -0.1) is 0 Å². The van der Waals surface area contributed by atoms with Crippen molar-refractivity contribution in [2.24, 2.45) is 0 Å². The van der Waals surface area contributed by atoms with E-state index in [1.54, 1.807) is 27.9 Å². The molecular formula is C29H38F4N4O3. The SMILES string of the molecule is C/C(=C\C=C1\C(=O)N(C2CCCC2Oc2ccc(F)cc2C(F)(F)F)CCN1C=O)n1cnc(C)c1.CC.CC. The topological polar surface area (TPSA) is 67.7 Å². The molecule has 2 aliphatic rings. The highest BCUT2D eigenvalue weighted by Gasteiger charge is 2.42. The molecule has 7 nitrogen and oxygen atoms in total. The molecule has 1 aliphatic carbocycles. The fraction of sp³-hybridized carbons (Fsp3) is 0.483. The largest absolute Gasteiger partial charge is 0.488 e. The molecule has 1 saturated heterocycles. The van der Waals surface area contributed by atoms with Crippen molar-refractivity contribution < 1.29 is 31.9 Å². The highest BCUT2D eigenvalue weighted by Crippen LogP contribution is 2.39. The smallest absolute Gasteiger partial charge is 0.420 e. The third-order valence-electron chi connectivity index (χ3n) is 6.44. The van der Waals surface area contributed by atoms with Crippen molar-refractivity contribution in [3.05, 3.63) is 65.6 Å². The predicted molar refractivity (Wildman–Crippen MR) is 146 cm³/mol. The van der Waals surface area contributed by atoms with Gasteiger partial charge < -0.3 is 19.1 Å². The van der Waals surface area contributed by atoms with E-state index in [0.717, 1.165) is 23.5 Å². The molecule has 1 aliphatic heterocycles. The summed E-state index contributed by atoms with van der Waals surface area (Å²) in [6.07, 6.45) is 3.44. The van der Waals surface area contributed by atoms with Gasteiger partial charge in [-0.1, -0.05) is 27.7 Å². The summed E-state index contributed by atoms with van der Waals surface area (Å²) >= 11 is 0. The standard InChI is InChI=1S/C25H26F4N4O3.2C2H6/c1-16-13-32(14-30-16)17(2)6-8-21-24(35)33(11-10-31(21)15-34)20-4-3-5-23(20)36-22-9-7-18(26)12-19(22)25(27,28)29;2*1-2/h6-9,12-15,20,23H,3-5,10-11H2,1-2H3;2*1-2H3/b17-6+,21-8-;;. The lowest BCUT2D eigenvalue weighted by Gasteiger charge is -2.39. The molecule has 0 bridgehead atoms. The lowest BCUT2D eigenvalue weighted by Crippen LogP contribution is -2.55. The molecule has 2 atom stereocenters. The number of nitrogens with zero attached hydrogens (tertiary/aromatic N) is 4. The first-order chi connectivity index (χ1) is 19.1. The number of hydrogen-bond donors (Lipinski definition) is 0. The molecule has 220 valence electrons. The van der Waals surface area contributed by atoms with Gasteiger partial charge in [-0.2, -0.15) is 13.2 Å². The summed E-state index contributed by atoms with van der Waals surface area (Å²) in [4.78, 5) is 32.1. The number of alkyl halides is 3. The number of rotatable bonds is 6. The maximum absolute atomic E-state index is 13.5. The zero-order chi connectivity index (χ0) is 30.0. The van der Waals surface area contributed by atoms with E-state index in [1.165, 1.54) is 4.90 Å². The number of halogens is 4. The summed E-state index contributed by atoms with van der Waals surface area (Å²) in [6, 6.07) is 1.81. The van der Waals surface area contributed by atoms with Crippen molar-refractivity contribution in [3.8, 4) is 5.75 Å². The first-order valence-corrected chi connectivity index (χ1v) is 13.5. The second kappa shape index (κ2) is 14.7. The van der Waals surface area contributed by atoms with Crippen molar-refractivity contribution in [1.29, 1.82) is 0 Å². The average molecular weight is 567 g/mol. The lowest BCUT2D eigenvalue weighted by molar-refractivity contribution is -0.141.